The Morgan fingerprint density at radius 3 is 2.14 bits per heavy atom. The van der Waals surface area contributed by atoms with Crippen LogP contribution in [0, 0.1) is 0 Å². The summed E-state index contributed by atoms with van der Waals surface area (Å²) in [5, 5.41) is 0.692. The molecule has 1 aliphatic rings. The minimum absolute atomic E-state index is 0.416. The number of H-pyrrole nitrogens is 1. The van der Waals surface area contributed by atoms with Gasteiger partial charge in [-0.25, -0.2) is 0 Å². The number of aromatic nitrogens is 1. The first-order valence-electron chi connectivity index (χ1n) is 7.05. The van der Waals surface area contributed by atoms with Gasteiger partial charge in [-0.3, -0.25) is 0 Å². The summed E-state index contributed by atoms with van der Waals surface area (Å²) in [6, 6.07) is 5.38. The molecule has 0 atom stereocenters. The van der Waals surface area contributed by atoms with Gasteiger partial charge in [-0.1, -0.05) is 6.07 Å². The van der Waals surface area contributed by atoms with Gasteiger partial charge in [0, 0.05) is 11.1 Å². The maximum absolute atomic E-state index is 12.8. The fraction of sp³-hybridized carbons (Fsp3) is 0.467. The highest BCUT2D eigenvalue weighted by Crippen LogP contribution is 2.37. The molecule has 1 fully saturated rings. The summed E-state index contributed by atoms with van der Waals surface area (Å²) in [4.78, 5) is 2.98. The van der Waals surface area contributed by atoms with Gasteiger partial charge in [0.15, 0.2) is 0 Å². The van der Waals surface area contributed by atoms with Crippen molar-refractivity contribution in [1.82, 2.24) is 4.98 Å². The van der Waals surface area contributed by atoms with E-state index in [-0.39, 0.29) is 0 Å². The highest BCUT2D eigenvalue weighted by molar-refractivity contribution is 6.61. The molecule has 1 aromatic carbocycles. The Morgan fingerprint density at radius 2 is 1.59 bits per heavy atom. The predicted molar refractivity (Wildman–Crippen MR) is 79.0 cm³/mol. The lowest BCUT2D eigenvalue weighted by Gasteiger charge is -2.32. The molecule has 3 rings (SSSR count). The SMILES string of the molecule is CC1(C)OB(c2cc3ccc(C(F)(F)F)cc3[nH]2)OC1(C)C. The summed E-state index contributed by atoms with van der Waals surface area (Å²) in [7, 11) is -0.619. The quantitative estimate of drug-likeness (QED) is 0.818. The summed E-state index contributed by atoms with van der Waals surface area (Å²) >= 11 is 0. The van der Waals surface area contributed by atoms with Crippen LogP contribution in [0.3, 0.4) is 0 Å². The van der Waals surface area contributed by atoms with Crippen LogP contribution in [0.1, 0.15) is 33.3 Å². The summed E-state index contributed by atoms with van der Waals surface area (Å²) in [5.74, 6) is 0. The first kappa shape index (κ1) is 15.4. The smallest absolute Gasteiger partial charge is 0.398 e. The van der Waals surface area contributed by atoms with Crippen LogP contribution in [0.4, 0.5) is 13.2 Å². The van der Waals surface area contributed by atoms with E-state index in [1.165, 1.54) is 6.07 Å². The predicted octanol–water partition coefficient (Wildman–Crippen LogP) is 3.49. The summed E-state index contributed by atoms with van der Waals surface area (Å²) < 4.78 is 50.1. The maximum atomic E-state index is 12.8. The van der Waals surface area contributed by atoms with Gasteiger partial charge in [-0.15, -0.1) is 0 Å². The number of aromatic amines is 1. The van der Waals surface area contributed by atoms with Crippen molar-refractivity contribution in [3.63, 3.8) is 0 Å². The number of alkyl halides is 3. The van der Waals surface area contributed by atoms with E-state index in [9.17, 15) is 13.2 Å². The van der Waals surface area contributed by atoms with E-state index in [2.05, 4.69) is 4.98 Å². The Balaban J connectivity index is 1.97. The van der Waals surface area contributed by atoms with Crippen LogP contribution in [0.2, 0.25) is 0 Å². The van der Waals surface area contributed by atoms with Crippen molar-refractivity contribution in [1.29, 1.82) is 0 Å². The normalized spacial score (nSPS) is 20.8. The van der Waals surface area contributed by atoms with Crippen molar-refractivity contribution in [2.45, 2.75) is 45.1 Å². The Labute approximate surface area is 126 Å². The zero-order valence-electron chi connectivity index (χ0n) is 12.8. The molecule has 2 aromatic rings. The molecule has 1 aliphatic heterocycles. The van der Waals surface area contributed by atoms with Crippen molar-refractivity contribution in [3.05, 3.63) is 29.8 Å². The van der Waals surface area contributed by atoms with Gasteiger partial charge in [0.05, 0.1) is 16.8 Å². The molecule has 0 spiro atoms. The summed E-state index contributed by atoms with van der Waals surface area (Å²) in [6.45, 7) is 7.71. The van der Waals surface area contributed by atoms with Crippen molar-refractivity contribution >= 4 is 23.6 Å². The molecule has 0 unspecified atom stereocenters. The molecular formula is C15H17BF3NO2. The Bertz CT molecular complexity index is 705. The number of hydrogen-bond acceptors (Lipinski definition) is 2. The molecule has 0 radical (unpaired) electrons. The second-order valence-corrected chi connectivity index (χ2v) is 6.61. The minimum atomic E-state index is -4.36. The first-order valence-corrected chi connectivity index (χ1v) is 7.05. The van der Waals surface area contributed by atoms with E-state index < -0.39 is 30.1 Å². The lowest BCUT2D eigenvalue weighted by atomic mass is 9.85. The van der Waals surface area contributed by atoms with E-state index in [0.717, 1.165) is 12.1 Å². The molecule has 1 aromatic heterocycles. The monoisotopic (exact) mass is 311 g/mol. The molecule has 3 nitrogen and oxygen atoms in total. The minimum Gasteiger partial charge on any atom is -0.398 e. The van der Waals surface area contributed by atoms with Gasteiger partial charge in [-0.05, 0) is 51.3 Å². The fourth-order valence-electron chi connectivity index (χ4n) is 2.42. The molecule has 1 saturated heterocycles. The number of nitrogens with one attached hydrogen (secondary N) is 1. The van der Waals surface area contributed by atoms with E-state index in [4.69, 9.17) is 9.31 Å². The standard InChI is InChI=1S/C15H17BF3NO2/c1-13(2)14(3,4)22-16(21-13)12-7-9-5-6-10(15(17,18)19)8-11(9)20-12/h5-8,20H,1-4H3. The van der Waals surface area contributed by atoms with Gasteiger partial charge in [0.1, 0.15) is 0 Å². The molecule has 22 heavy (non-hydrogen) atoms. The average Bonchev–Trinajstić information content (AvgIpc) is 2.86. The van der Waals surface area contributed by atoms with E-state index in [1.807, 2.05) is 27.7 Å². The number of halogens is 3. The number of fused-ring (bicyclic) bond motifs is 1. The molecule has 0 saturated carbocycles. The van der Waals surface area contributed by atoms with Gasteiger partial charge in [0.25, 0.3) is 0 Å². The van der Waals surface area contributed by atoms with Crippen molar-refractivity contribution in [2.75, 3.05) is 0 Å². The van der Waals surface area contributed by atoms with Crippen LogP contribution in [0.5, 0.6) is 0 Å². The maximum Gasteiger partial charge on any atom is 0.512 e. The summed E-state index contributed by atoms with van der Waals surface area (Å²) in [6.07, 6.45) is -4.36. The Hall–Kier alpha value is -1.47. The van der Waals surface area contributed by atoms with Crippen molar-refractivity contribution in [3.8, 4) is 0 Å². The highest BCUT2D eigenvalue weighted by atomic mass is 19.4. The summed E-state index contributed by atoms with van der Waals surface area (Å²) in [5.41, 5.74) is -0.632. The van der Waals surface area contributed by atoms with Crippen LogP contribution < -0.4 is 5.59 Å². The second kappa shape index (κ2) is 4.52. The third-order valence-electron chi connectivity index (χ3n) is 4.48. The first-order chi connectivity index (χ1) is 9.99. The third-order valence-corrected chi connectivity index (χ3v) is 4.48. The molecule has 1 N–H and O–H groups in total. The van der Waals surface area contributed by atoms with Crippen LogP contribution in [-0.4, -0.2) is 23.3 Å². The fourth-order valence-corrected chi connectivity index (χ4v) is 2.42. The topological polar surface area (TPSA) is 34.2 Å². The second-order valence-electron chi connectivity index (χ2n) is 6.61. The van der Waals surface area contributed by atoms with Gasteiger partial charge in [0.2, 0.25) is 0 Å². The zero-order chi connectivity index (χ0) is 16.3. The zero-order valence-corrected chi connectivity index (χ0v) is 12.8. The molecule has 118 valence electrons. The van der Waals surface area contributed by atoms with Crippen LogP contribution in [0.25, 0.3) is 10.9 Å². The van der Waals surface area contributed by atoms with Crippen LogP contribution in [0.15, 0.2) is 24.3 Å². The van der Waals surface area contributed by atoms with E-state index in [1.54, 1.807) is 6.07 Å². The van der Waals surface area contributed by atoms with E-state index >= 15 is 0 Å². The van der Waals surface area contributed by atoms with Crippen molar-refractivity contribution < 1.29 is 22.5 Å². The van der Waals surface area contributed by atoms with Gasteiger partial charge in [-0.2, -0.15) is 13.2 Å². The van der Waals surface area contributed by atoms with E-state index in [0.29, 0.717) is 16.5 Å². The number of rotatable bonds is 1. The molecule has 0 aliphatic carbocycles. The average molecular weight is 311 g/mol. The third kappa shape index (κ3) is 2.42. The van der Waals surface area contributed by atoms with Crippen LogP contribution >= 0.6 is 0 Å². The number of hydrogen-bond donors (Lipinski definition) is 1. The molecule has 2 heterocycles. The lowest BCUT2D eigenvalue weighted by Crippen LogP contribution is -2.41. The van der Waals surface area contributed by atoms with Crippen molar-refractivity contribution in [2.24, 2.45) is 0 Å². The molecule has 7 heteroatoms. The largest absolute Gasteiger partial charge is 0.512 e. The Morgan fingerprint density at radius 1 is 1.00 bits per heavy atom. The molecule has 0 amide bonds. The van der Waals surface area contributed by atoms with Crippen LogP contribution in [-0.2, 0) is 15.5 Å². The number of benzene rings is 1. The van der Waals surface area contributed by atoms with Gasteiger partial charge < -0.3 is 14.3 Å². The van der Waals surface area contributed by atoms with Gasteiger partial charge >= 0.3 is 13.3 Å². The lowest BCUT2D eigenvalue weighted by molar-refractivity contribution is -0.137. The Kier molecular flexibility index (Phi) is 3.17. The molecule has 0 bridgehead atoms. The highest BCUT2D eigenvalue weighted by Gasteiger charge is 2.52. The molecular weight excluding hydrogens is 294 g/mol.